The van der Waals surface area contributed by atoms with E-state index in [1.165, 1.54) is 21.3 Å². The van der Waals surface area contributed by atoms with Crippen LogP contribution in [0.3, 0.4) is 0 Å². The first-order chi connectivity index (χ1) is 16.2. The number of benzene rings is 2. The van der Waals surface area contributed by atoms with Gasteiger partial charge in [-0.25, -0.2) is 12.8 Å². The van der Waals surface area contributed by atoms with Gasteiger partial charge in [0.2, 0.25) is 10.0 Å². The van der Waals surface area contributed by atoms with Crippen molar-refractivity contribution < 1.29 is 39.5 Å². The summed E-state index contributed by atoms with van der Waals surface area (Å²) in [5, 5.41) is 0. The van der Waals surface area contributed by atoms with E-state index in [0.717, 1.165) is 42.7 Å². The van der Waals surface area contributed by atoms with E-state index >= 15 is 0 Å². The van der Waals surface area contributed by atoms with Crippen molar-refractivity contribution in [2.24, 2.45) is 0 Å². The third kappa shape index (κ3) is 7.92. The fraction of sp³-hybridized carbons (Fsp3) is 0.478. The van der Waals surface area contributed by atoms with Crippen molar-refractivity contribution in [3.8, 4) is 0 Å². The van der Waals surface area contributed by atoms with Crippen molar-refractivity contribution in [3.05, 3.63) is 71.0 Å². The monoisotopic (exact) mass is 524 g/mol. The Morgan fingerprint density at radius 2 is 1.69 bits per heavy atom. The minimum Gasteiger partial charge on any atom is -0.375 e. The summed E-state index contributed by atoms with van der Waals surface area (Å²) in [6.45, 7) is -0.254. The first kappa shape index (κ1) is 27.4. The van der Waals surface area contributed by atoms with E-state index in [1.54, 1.807) is 0 Å². The summed E-state index contributed by atoms with van der Waals surface area (Å²) in [6, 6.07) is 8.29. The quantitative estimate of drug-likeness (QED) is 0.321. The van der Waals surface area contributed by atoms with Crippen molar-refractivity contribution >= 4 is 10.0 Å². The van der Waals surface area contributed by atoms with Gasteiger partial charge in [-0.1, -0.05) is 30.3 Å². The Morgan fingerprint density at radius 3 is 2.29 bits per heavy atom. The summed E-state index contributed by atoms with van der Waals surface area (Å²) in [7, 11) is -3.28. The standard InChI is InChI=1S/C23H26F6N2O3S/c1-35(32,33)31-14-21(15-31)34-11-3-10-30(13-17-4-2-5-19(12-17)23(27,28)29)16-22(25,26)18-6-8-20(24)9-7-18/h2,4-9,12,21H,3,10-11,13-16H2,1H3. The van der Waals surface area contributed by atoms with Crippen LogP contribution in [0.1, 0.15) is 23.1 Å². The van der Waals surface area contributed by atoms with Crippen LogP contribution in [0.2, 0.25) is 0 Å². The van der Waals surface area contributed by atoms with Crippen molar-refractivity contribution in [1.29, 1.82) is 0 Å². The highest BCUT2D eigenvalue weighted by atomic mass is 32.2. The highest BCUT2D eigenvalue weighted by Crippen LogP contribution is 2.32. The summed E-state index contributed by atoms with van der Waals surface area (Å²) in [6.07, 6.45) is -3.46. The summed E-state index contributed by atoms with van der Waals surface area (Å²) < 4.78 is 112. The van der Waals surface area contributed by atoms with Crippen molar-refractivity contribution in [2.45, 2.75) is 31.2 Å². The molecule has 0 aromatic heterocycles. The van der Waals surface area contributed by atoms with Crippen LogP contribution in [0.25, 0.3) is 0 Å². The predicted molar refractivity (Wildman–Crippen MR) is 118 cm³/mol. The number of hydrogen-bond donors (Lipinski definition) is 0. The molecule has 0 N–H and O–H groups in total. The number of ether oxygens (including phenoxy) is 1. The molecular formula is C23H26F6N2O3S. The zero-order chi connectivity index (χ0) is 25.9. The first-order valence-electron chi connectivity index (χ1n) is 10.8. The SMILES string of the molecule is CS(=O)(=O)N1CC(OCCCN(Cc2cccc(C(F)(F)F)c2)CC(F)(F)c2ccc(F)cc2)C1. The summed E-state index contributed by atoms with van der Waals surface area (Å²) in [5.41, 5.74) is -1.05. The number of rotatable bonds is 11. The van der Waals surface area contributed by atoms with Gasteiger partial charge in [-0.05, 0) is 30.2 Å². The number of sulfonamides is 1. The molecule has 0 unspecified atom stereocenters. The molecule has 0 amide bonds. The Balaban J connectivity index is 1.64. The van der Waals surface area contributed by atoms with Crippen LogP contribution in [0.15, 0.2) is 48.5 Å². The molecule has 0 spiro atoms. The summed E-state index contributed by atoms with van der Waals surface area (Å²) in [4.78, 5) is 1.33. The molecule has 2 aromatic rings. The van der Waals surface area contributed by atoms with E-state index in [4.69, 9.17) is 4.74 Å². The topological polar surface area (TPSA) is 49.9 Å². The van der Waals surface area contributed by atoms with Crippen LogP contribution in [-0.4, -0.2) is 62.8 Å². The summed E-state index contributed by atoms with van der Waals surface area (Å²) >= 11 is 0. The van der Waals surface area contributed by atoms with Gasteiger partial charge in [0.15, 0.2) is 0 Å². The second-order valence-electron chi connectivity index (χ2n) is 8.55. The summed E-state index contributed by atoms with van der Waals surface area (Å²) in [5.74, 6) is -4.03. The first-order valence-corrected chi connectivity index (χ1v) is 12.7. The largest absolute Gasteiger partial charge is 0.416 e. The predicted octanol–water partition coefficient (Wildman–Crippen LogP) is 4.49. The van der Waals surface area contributed by atoms with Gasteiger partial charge >= 0.3 is 6.18 Å². The maximum absolute atomic E-state index is 14.9. The molecule has 5 nitrogen and oxygen atoms in total. The van der Waals surface area contributed by atoms with Gasteiger partial charge in [-0.15, -0.1) is 0 Å². The van der Waals surface area contributed by atoms with Gasteiger partial charge < -0.3 is 4.74 Å². The molecule has 35 heavy (non-hydrogen) atoms. The Morgan fingerprint density at radius 1 is 1.03 bits per heavy atom. The highest BCUT2D eigenvalue weighted by Gasteiger charge is 2.36. The van der Waals surface area contributed by atoms with Crippen molar-refractivity contribution in [3.63, 3.8) is 0 Å². The van der Waals surface area contributed by atoms with Crippen molar-refractivity contribution in [1.82, 2.24) is 9.21 Å². The average molecular weight is 525 g/mol. The molecule has 1 aliphatic rings. The fourth-order valence-electron chi connectivity index (χ4n) is 3.70. The minimum atomic E-state index is -4.56. The fourth-order valence-corrected chi connectivity index (χ4v) is 4.57. The van der Waals surface area contributed by atoms with Crippen LogP contribution in [0.5, 0.6) is 0 Å². The van der Waals surface area contributed by atoms with Crippen LogP contribution in [-0.2, 0) is 33.4 Å². The second kappa shape index (κ2) is 10.9. The number of alkyl halides is 5. The Labute approximate surface area is 200 Å². The van der Waals surface area contributed by atoms with E-state index in [0.29, 0.717) is 6.42 Å². The second-order valence-corrected chi connectivity index (χ2v) is 10.5. The van der Waals surface area contributed by atoms with Crippen LogP contribution >= 0.6 is 0 Å². The van der Waals surface area contributed by atoms with Gasteiger partial charge in [-0.3, -0.25) is 4.90 Å². The normalized spacial score (nSPS) is 16.0. The molecule has 1 fully saturated rings. The molecule has 0 aliphatic carbocycles. The van der Waals surface area contributed by atoms with E-state index in [-0.39, 0.29) is 44.5 Å². The molecule has 1 heterocycles. The zero-order valence-electron chi connectivity index (χ0n) is 18.9. The highest BCUT2D eigenvalue weighted by molar-refractivity contribution is 7.88. The van der Waals surface area contributed by atoms with Gasteiger partial charge in [0.25, 0.3) is 5.92 Å². The molecule has 1 saturated heterocycles. The van der Waals surface area contributed by atoms with Gasteiger partial charge in [0.05, 0.1) is 24.5 Å². The number of nitrogens with zero attached hydrogens (tertiary/aromatic N) is 2. The van der Waals surface area contributed by atoms with Gasteiger partial charge in [-0.2, -0.15) is 26.3 Å². The van der Waals surface area contributed by atoms with Crippen LogP contribution in [0, 0.1) is 5.82 Å². The minimum absolute atomic E-state index is 0.0928. The van der Waals surface area contributed by atoms with Crippen LogP contribution in [0.4, 0.5) is 26.3 Å². The molecule has 0 atom stereocenters. The zero-order valence-corrected chi connectivity index (χ0v) is 19.8. The molecule has 194 valence electrons. The lowest BCUT2D eigenvalue weighted by Crippen LogP contribution is -2.54. The van der Waals surface area contributed by atoms with Crippen LogP contribution < -0.4 is 0 Å². The lowest BCUT2D eigenvalue weighted by atomic mass is 10.1. The average Bonchev–Trinajstić information content (AvgIpc) is 2.70. The van der Waals surface area contributed by atoms with E-state index in [1.807, 2.05) is 0 Å². The maximum Gasteiger partial charge on any atom is 0.416 e. The Hall–Kier alpha value is -2.15. The molecule has 0 radical (unpaired) electrons. The lowest BCUT2D eigenvalue weighted by Gasteiger charge is -2.37. The third-order valence-corrected chi connectivity index (χ3v) is 6.84. The number of halogens is 6. The van der Waals surface area contributed by atoms with Gasteiger partial charge in [0.1, 0.15) is 5.82 Å². The van der Waals surface area contributed by atoms with Crippen molar-refractivity contribution in [2.75, 3.05) is 39.0 Å². The Bertz CT molecular complexity index is 1090. The van der Waals surface area contributed by atoms with E-state index < -0.39 is 45.6 Å². The molecule has 1 aliphatic heterocycles. The molecule has 0 bridgehead atoms. The Kier molecular flexibility index (Phi) is 8.51. The smallest absolute Gasteiger partial charge is 0.375 e. The molecule has 3 rings (SSSR count). The molecule has 0 saturated carbocycles. The van der Waals surface area contributed by atoms with Gasteiger partial charge in [0, 0.05) is 38.3 Å². The molecule has 2 aromatic carbocycles. The molecule has 12 heteroatoms. The maximum atomic E-state index is 14.9. The molecular weight excluding hydrogens is 498 g/mol. The lowest BCUT2D eigenvalue weighted by molar-refractivity contribution is -0.137. The third-order valence-electron chi connectivity index (χ3n) is 5.61. The van der Waals surface area contributed by atoms with E-state index in [2.05, 4.69) is 0 Å². The number of hydrogen-bond acceptors (Lipinski definition) is 4. The van der Waals surface area contributed by atoms with E-state index in [9.17, 15) is 34.8 Å².